The second-order valence-corrected chi connectivity index (χ2v) is 26.2. The zero-order valence-electron chi connectivity index (χ0n) is 29.1. The molecule has 0 radical (unpaired) electrons. The fraction of sp³-hybridized carbons (Fsp3) is 0.622. The van der Waals surface area contributed by atoms with Gasteiger partial charge in [-0.2, -0.15) is 0 Å². The van der Waals surface area contributed by atoms with E-state index in [1.807, 2.05) is 0 Å². The maximum atomic E-state index is 12.5. The average molecular weight is 649 g/mol. The minimum absolute atomic E-state index is 0.0264. The molecule has 0 saturated carbocycles. The van der Waals surface area contributed by atoms with Crippen LogP contribution in [0.1, 0.15) is 61.5 Å². The molecule has 0 aliphatic carbocycles. The first-order chi connectivity index (χ1) is 21.2. The van der Waals surface area contributed by atoms with E-state index in [-0.39, 0.29) is 29.8 Å². The highest BCUT2D eigenvalue weighted by atomic mass is 28.3. The van der Waals surface area contributed by atoms with Crippen molar-refractivity contribution in [2.45, 2.75) is 114 Å². The summed E-state index contributed by atoms with van der Waals surface area (Å²) >= 11 is 0. The lowest BCUT2D eigenvalue weighted by Gasteiger charge is -2.41. The normalized spacial score (nSPS) is 31.1. The fourth-order valence-electron chi connectivity index (χ4n) is 8.59. The van der Waals surface area contributed by atoms with Crippen LogP contribution in [0.25, 0.3) is 0 Å². The number of nitrogens with zero attached hydrogens (tertiary/aromatic N) is 1. The van der Waals surface area contributed by atoms with Crippen LogP contribution in [0.15, 0.2) is 48.5 Å². The Bertz CT molecular complexity index is 1330. The van der Waals surface area contributed by atoms with Crippen LogP contribution in [-0.4, -0.2) is 78.4 Å². The van der Waals surface area contributed by atoms with Gasteiger partial charge in [-0.1, -0.05) is 98.2 Å². The first-order valence-corrected chi connectivity index (χ1v) is 24.1. The van der Waals surface area contributed by atoms with Crippen molar-refractivity contribution < 1.29 is 19.1 Å². The summed E-state index contributed by atoms with van der Waals surface area (Å²) in [4.78, 5) is 27.2. The topological polar surface area (TPSA) is 67.9 Å². The molecule has 6 nitrogen and oxygen atoms in total. The van der Waals surface area contributed by atoms with E-state index in [0.29, 0.717) is 30.0 Å². The predicted octanol–water partition coefficient (Wildman–Crippen LogP) is 5.60. The van der Waals surface area contributed by atoms with Crippen LogP contribution in [0.3, 0.4) is 0 Å². The minimum Gasteiger partial charge on any atom is -0.469 e. The Hall–Kier alpha value is -2.27. The van der Waals surface area contributed by atoms with Gasteiger partial charge >= 0.3 is 11.9 Å². The number of benzene rings is 2. The van der Waals surface area contributed by atoms with Crippen molar-refractivity contribution in [1.82, 2.24) is 10.2 Å². The van der Waals surface area contributed by atoms with E-state index in [4.69, 9.17) is 9.47 Å². The minimum atomic E-state index is -1.28. The summed E-state index contributed by atoms with van der Waals surface area (Å²) in [5.74, 6) is 0.426. The number of ether oxygens (including phenoxy) is 2. The number of fused-ring (bicyclic) bond motifs is 4. The third-order valence-electron chi connectivity index (χ3n) is 11.3. The van der Waals surface area contributed by atoms with Crippen molar-refractivity contribution in [3.8, 4) is 0 Å². The highest BCUT2D eigenvalue weighted by Crippen LogP contribution is 2.46. The first kappa shape index (κ1) is 34.1. The zero-order valence-corrected chi connectivity index (χ0v) is 31.1. The van der Waals surface area contributed by atoms with Gasteiger partial charge in [-0.05, 0) is 56.7 Å². The molecule has 246 valence electrons. The monoisotopic (exact) mass is 648 g/mol. The third-order valence-corrected chi connectivity index (χ3v) is 15.4. The lowest BCUT2D eigenvalue weighted by Crippen LogP contribution is -2.49. The van der Waals surface area contributed by atoms with E-state index in [9.17, 15) is 9.59 Å². The third kappa shape index (κ3) is 7.19. The van der Waals surface area contributed by atoms with E-state index in [2.05, 4.69) is 105 Å². The second-order valence-electron chi connectivity index (χ2n) is 16.0. The molecule has 8 atom stereocenters. The number of piperidine rings is 2. The van der Waals surface area contributed by atoms with Gasteiger partial charge in [-0.25, -0.2) is 0 Å². The molecule has 4 aliphatic heterocycles. The van der Waals surface area contributed by atoms with E-state index >= 15 is 0 Å². The molecule has 0 amide bonds. The van der Waals surface area contributed by atoms with Crippen molar-refractivity contribution in [3.05, 3.63) is 59.7 Å². The number of hydrogen-bond donors (Lipinski definition) is 1. The molecule has 0 aromatic heterocycles. The second kappa shape index (κ2) is 13.5. The van der Waals surface area contributed by atoms with Crippen LogP contribution in [0, 0.1) is 11.8 Å². The Morgan fingerprint density at radius 3 is 1.67 bits per heavy atom. The van der Waals surface area contributed by atoms with Gasteiger partial charge in [0, 0.05) is 36.0 Å². The smallest absolute Gasteiger partial charge is 0.310 e. The molecule has 6 rings (SSSR count). The summed E-state index contributed by atoms with van der Waals surface area (Å²) in [5, 5.41) is 6.55. The largest absolute Gasteiger partial charge is 0.469 e. The van der Waals surface area contributed by atoms with Crippen LogP contribution < -0.4 is 15.7 Å². The van der Waals surface area contributed by atoms with Gasteiger partial charge in [0.1, 0.15) is 0 Å². The van der Waals surface area contributed by atoms with Crippen molar-refractivity contribution in [2.75, 3.05) is 21.3 Å². The Balaban J connectivity index is 0.000000178. The summed E-state index contributed by atoms with van der Waals surface area (Å²) in [6, 6.07) is 20.0. The van der Waals surface area contributed by atoms with Crippen LogP contribution in [0.5, 0.6) is 0 Å². The Morgan fingerprint density at radius 2 is 1.18 bits per heavy atom. The average Bonchev–Trinajstić information content (AvgIpc) is 3.49. The van der Waals surface area contributed by atoms with Gasteiger partial charge in [0.15, 0.2) is 0 Å². The van der Waals surface area contributed by atoms with Crippen molar-refractivity contribution >= 4 is 38.5 Å². The number of nitrogens with one attached hydrogen (secondary N) is 1. The standard InChI is InChI=1S/C19H29NO2Si.C18H27NO2Si/c1-20-14-8-11-17(20)18(19(21)22-2)16(12-14)13-6-9-15(10-7-13)23(3,4)5;1-21-18(20)17-15(11-13-7-10-16(17)19-13)12-5-8-14(9-6-12)22(2,3)4/h6-7,9-10,14,16-18H,8,11-12H2,1-5H3;5-6,8-9,13,15-17,19H,7,10-11H2,1-4H3/t14?,16-,17-,18+;13-,15+,16+,17-/m10/s1. The van der Waals surface area contributed by atoms with E-state index in [1.165, 1.54) is 48.6 Å². The van der Waals surface area contributed by atoms with Crippen molar-refractivity contribution in [2.24, 2.45) is 11.8 Å². The summed E-state index contributed by atoms with van der Waals surface area (Å²) in [7, 11) is 2.65. The molecule has 2 aromatic carbocycles. The summed E-state index contributed by atoms with van der Waals surface area (Å²) < 4.78 is 10.3. The van der Waals surface area contributed by atoms with Crippen molar-refractivity contribution in [3.63, 3.8) is 0 Å². The number of carbonyl (C=O) groups excluding carboxylic acids is 2. The van der Waals surface area contributed by atoms with Crippen LogP contribution in [0.4, 0.5) is 0 Å². The lowest BCUT2D eigenvalue weighted by atomic mass is 9.76. The lowest BCUT2D eigenvalue weighted by molar-refractivity contribution is -0.150. The number of hydrogen-bond acceptors (Lipinski definition) is 6. The number of methoxy groups -OCH3 is 2. The van der Waals surface area contributed by atoms with E-state index < -0.39 is 16.1 Å². The summed E-state index contributed by atoms with van der Waals surface area (Å²) in [6.45, 7) is 14.2. The maximum absolute atomic E-state index is 12.5. The van der Waals surface area contributed by atoms with Gasteiger partial charge in [0.05, 0.1) is 42.2 Å². The van der Waals surface area contributed by atoms with Gasteiger partial charge in [-0.3, -0.25) is 14.5 Å². The zero-order chi connectivity index (χ0) is 32.7. The predicted molar refractivity (Wildman–Crippen MR) is 189 cm³/mol. The number of esters is 2. The highest BCUT2D eigenvalue weighted by molar-refractivity contribution is 6.89. The Morgan fingerprint density at radius 1 is 0.689 bits per heavy atom. The summed E-state index contributed by atoms with van der Waals surface area (Å²) in [6.07, 6.45) is 6.71. The fourth-order valence-corrected chi connectivity index (χ4v) is 10.9. The molecule has 4 bridgehead atoms. The molecule has 45 heavy (non-hydrogen) atoms. The molecule has 0 spiro atoms. The molecule has 1 unspecified atom stereocenters. The Labute approximate surface area is 273 Å². The van der Waals surface area contributed by atoms with Crippen LogP contribution in [0.2, 0.25) is 39.3 Å². The van der Waals surface area contributed by atoms with E-state index in [1.54, 1.807) is 0 Å². The molecule has 8 heteroatoms. The maximum Gasteiger partial charge on any atom is 0.310 e. The van der Waals surface area contributed by atoms with Gasteiger partial charge < -0.3 is 14.8 Å². The molecule has 1 N–H and O–H groups in total. The molecule has 2 aromatic rings. The SMILES string of the molecule is COC(=O)[C@H]1[C@@H](c2ccc([Si](C)(C)C)cc2)CC2CC[C@H]1N2C.COC(=O)[C@H]1[C@@H](c2ccc([Si](C)(C)C)cc2)C[C@@H]2CC[C@H]1N2. The van der Waals surface area contributed by atoms with Gasteiger partial charge in [0.2, 0.25) is 0 Å². The summed E-state index contributed by atoms with van der Waals surface area (Å²) in [5.41, 5.74) is 2.61. The van der Waals surface area contributed by atoms with Crippen LogP contribution >= 0.6 is 0 Å². The molecule has 4 aliphatic rings. The first-order valence-electron chi connectivity index (χ1n) is 17.1. The molecular formula is C37H56N2O4Si2. The van der Waals surface area contributed by atoms with Crippen molar-refractivity contribution in [1.29, 1.82) is 0 Å². The number of rotatable bonds is 6. The van der Waals surface area contributed by atoms with Crippen LogP contribution in [-0.2, 0) is 19.1 Å². The van der Waals surface area contributed by atoms with Gasteiger partial charge in [-0.15, -0.1) is 0 Å². The molecule has 4 heterocycles. The molecule has 4 fully saturated rings. The van der Waals surface area contributed by atoms with E-state index in [0.717, 1.165) is 25.7 Å². The Kier molecular flexibility index (Phi) is 10.2. The van der Waals surface area contributed by atoms with Gasteiger partial charge in [0.25, 0.3) is 0 Å². The quantitative estimate of drug-likeness (QED) is 0.325. The number of carbonyl (C=O) groups is 2. The highest BCUT2D eigenvalue weighted by Gasteiger charge is 2.50. The molecule has 4 saturated heterocycles. The molecular weight excluding hydrogens is 593 g/mol.